The molecule has 0 aliphatic rings. The maximum absolute atomic E-state index is 12.1. The lowest BCUT2D eigenvalue weighted by Gasteiger charge is -2.07. The van der Waals surface area contributed by atoms with Gasteiger partial charge in [0.15, 0.2) is 5.16 Å². The average molecular weight is 309 g/mol. The van der Waals surface area contributed by atoms with Gasteiger partial charge in [0.1, 0.15) is 16.5 Å². The molecule has 104 valence electrons. The van der Waals surface area contributed by atoms with Crippen molar-refractivity contribution in [3.05, 3.63) is 46.2 Å². The van der Waals surface area contributed by atoms with Gasteiger partial charge in [-0.25, -0.2) is 14.8 Å². The molecule has 0 saturated carbocycles. The second-order valence-corrected chi connectivity index (χ2v) is 5.41. The number of esters is 1. The molecule has 0 N–H and O–H groups in total. The van der Waals surface area contributed by atoms with Crippen molar-refractivity contribution in [3.63, 3.8) is 0 Å². The number of nitrogens with zero attached hydrogens (tertiary/aromatic N) is 2. The summed E-state index contributed by atoms with van der Waals surface area (Å²) >= 11 is 7.32. The Morgan fingerprint density at radius 1 is 1.25 bits per heavy atom. The highest BCUT2D eigenvalue weighted by Crippen LogP contribution is 2.21. The van der Waals surface area contributed by atoms with Crippen LogP contribution in [0.3, 0.4) is 0 Å². The van der Waals surface area contributed by atoms with Crippen molar-refractivity contribution in [3.8, 4) is 5.75 Å². The zero-order valence-electron chi connectivity index (χ0n) is 11.3. The maximum Gasteiger partial charge on any atom is 0.348 e. The number of thioether (sulfide) groups is 1. The van der Waals surface area contributed by atoms with Gasteiger partial charge in [0.25, 0.3) is 0 Å². The Balaban J connectivity index is 2.23. The van der Waals surface area contributed by atoms with Crippen LogP contribution in [-0.2, 0) is 0 Å². The van der Waals surface area contributed by atoms with Crippen LogP contribution in [0.15, 0.2) is 29.6 Å². The standard InChI is InChI=1S/C14H13ClN2O2S/c1-8-4-9(2)6-10(5-8)19-13(18)11-7-16-14(20-3)17-12(11)15/h4-7H,1-3H3. The summed E-state index contributed by atoms with van der Waals surface area (Å²) in [5, 5.41) is 0.608. The first-order chi connectivity index (χ1) is 9.49. The second-order valence-electron chi connectivity index (χ2n) is 4.27. The molecule has 0 atom stereocenters. The Kier molecular flexibility index (Phi) is 4.62. The SMILES string of the molecule is CSc1ncc(C(=O)Oc2cc(C)cc(C)c2)c(Cl)n1. The normalized spacial score (nSPS) is 10.4. The second kappa shape index (κ2) is 6.24. The third-order valence-corrected chi connectivity index (χ3v) is 3.38. The molecular weight excluding hydrogens is 296 g/mol. The van der Waals surface area contributed by atoms with E-state index in [1.165, 1.54) is 18.0 Å². The topological polar surface area (TPSA) is 52.1 Å². The molecule has 0 aliphatic carbocycles. The van der Waals surface area contributed by atoms with Gasteiger partial charge in [0.2, 0.25) is 0 Å². The number of hydrogen-bond acceptors (Lipinski definition) is 5. The Hall–Kier alpha value is -1.59. The van der Waals surface area contributed by atoms with Crippen molar-refractivity contribution in [1.29, 1.82) is 0 Å². The van der Waals surface area contributed by atoms with Crippen LogP contribution in [0.4, 0.5) is 0 Å². The van der Waals surface area contributed by atoms with Crippen molar-refractivity contribution in [2.45, 2.75) is 19.0 Å². The van der Waals surface area contributed by atoms with Crippen molar-refractivity contribution in [2.75, 3.05) is 6.26 Å². The number of aryl methyl sites for hydroxylation is 2. The van der Waals surface area contributed by atoms with E-state index in [1.54, 1.807) is 12.1 Å². The fraction of sp³-hybridized carbons (Fsp3) is 0.214. The number of carbonyl (C=O) groups is 1. The molecule has 0 aliphatic heterocycles. The monoisotopic (exact) mass is 308 g/mol. The van der Waals surface area contributed by atoms with Gasteiger partial charge in [0, 0.05) is 6.20 Å². The van der Waals surface area contributed by atoms with Gasteiger partial charge in [-0.2, -0.15) is 0 Å². The van der Waals surface area contributed by atoms with Gasteiger partial charge < -0.3 is 4.74 Å². The third-order valence-electron chi connectivity index (χ3n) is 2.53. The third kappa shape index (κ3) is 3.49. The van der Waals surface area contributed by atoms with Crippen molar-refractivity contribution < 1.29 is 9.53 Å². The van der Waals surface area contributed by atoms with Gasteiger partial charge in [-0.3, -0.25) is 0 Å². The van der Waals surface area contributed by atoms with E-state index < -0.39 is 5.97 Å². The molecule has 0 bridgehead atoms. The Morgan fingerprint density at radius 3 is 2.45 bits per heavy atom. The predicted octanol–water partition coefficient (Wildman–Crippen LogP) is 3.69. The molecule has 0 saturated heterocycles. The number of benzene rings is 1. The smallest absolute Gasteiger partial charge is 0.348 e. The number of hydrogen-bond donors (Lipinski definition) is 0. The van der Waals surface area contributed by atoms with E-state index in [9.17, 15) is 4.79 Å². The number of rotatable bonds is 3. The van der Waals surface area contributed by atoms with Crippen LogP contribution in [0.1, 0.15) is 21.5 Å². The van der Waals surface area contributed by atoms with Gasteiger partial charge in [0.05, 0.1) is 0 Å². The number of halogens is 1. The summed E-state index contributed by atoms with van der Waals surface area (Å²) in [6, 6.07) is 5.58. The minimum atomic E-state index is -0.562. The summed E-state index contributed by atoms with van der Waals surface area (Å²) in [6.07, 6.45) is 3.21. The van der Waals surface area contributed by atoms with E-state index in [0.717, 1.165) is 11.1 Å². The molecule has 6 heteroatoms. The van der Waals surface area contributed by atoms with Crippen LogP contribution in [0, 0.1) is 13.8 Å². The summed E-state index contributed by atoms with van der Waals surface area (Å²) in [7, 11) is 0. The van der Waals surface area contributed by atoms with E-state index in [-0.39, 0.29) is 10.7 Å². The van der Waals surface area contributed by atoms with Crippen LogP contribution in [0.25, 0.3) is 0 Å². The van der Waals surface area contributed by atoms with E-state index in [4.69, 9.17) is 16.3 Å². The minimum absolute atomic E-state index is 0.0960. The Bertz CT molecular complexity index is 641. The summed E-state index contributed by atoms with van der Waals surface area (Å²) < 4.78 is 5.31. The molecule has 20 heavy (non-hydrogen) atoms. The molecule has 0 amide bonds. The molecule has 0 unspecified atom stereocenters. The Morgan fingerprint density at radius 2 is 1.90 bits per heavy atom. The molecule has 1 heterocycles. The molecule has 0 fully saturated rings. The predicted molar refractivity (Wildman–Crippen MR) is 79.7 cm³/mol. The lowest BCUT2D eigenvalue weighted by molar-refractivity contribution is 0.0733. The lowest BCUT2D eigenvalue weighted by atomic mass is 10.1. The van der Waals surface area contributed by atoms with Gasteiger partial charge in [-0.15, -0.1) is 0 Å². The molecule has 2 aromatic rings. The van der Waals surface area contributed by atoms with Crippen molar-refractivity contribution in [2.24, 2.45) is 0 Å². The van der Waals surface area contributed by atoms with E-state index in [2.05, 4.69) is 9.97 Å². The Labute approximate surface area is 126 Å². The lowest BCUT2D eigenvalue weighted by Crippen LogP contribution is -2.11. The fourth-order valence-corrected chi connectivity index (χ4v) is 2.33. The molecule has 0 spiro atoms. The molecule has 2 rings (SSSR count). The molecule has 4 nitrogen and oxygen atoms in total. The first-order valence-corrected chi connectivity index (χ1v) is 7.47. The highest BCUT2D eigenvalue weighted by atomic mass is 35.5. The average Bonchev–Trinajstić information content (AvgIpc) is 2.36. The molecule has 1 aromatic heterocycles. The minimum Gasteiger partial charge on any atom is -0.423 e. The summed E-state index contributed by atoms with van der Waals surface area (Å²) in [4.78, 5) is 20.1. The van der Waals surface area contributed by atoms with Gasteiger partial charge >= 0.3 is 5.97 Å². The maximum atomic E-state index is 12.1. The zero-order chi connectivity index (χ0) is 14.7. The van der Waals surface area contributed by atoms with E-state index in [0.29, 0.717) is 10.9 Å². The van der Waals surface area contributed by atoms with Crippen LogP contribution < -0.4 is 4.74 Å². The summed E-state index contributed by atoms with van der Waals surface area (Å²) in [6.45, 7) is 3.88. The first-order valence-electron chi connectivity index (χ1n) is 5.86. The quantitative estimate of drug-likeness (QED) is 0.284. The highest BCUT2D eigenvalue weighted by molar-refractivity contribution is 7.98. The number of ether oxygens (including phenoxy) is 1. The van der Waals surface area contributed by atoms with Crippen LogP contribution in [0.5, 0.6) is 5.75 Å². The van der Waals surface area contributed by atoms with Crippen LogP contribution in [-0.4, -0.2) is 22.2 Å². The van der Waals surface area contributed by atoms with E-state index >= 15 is 0 Å². The van der Waals surface area contributed by atoms with E-state index in [1.807, 2.05) is 26.2 Å². The van der Waals surface area contributed by atoms with Crippen molar-refractivity contribution >= 4 is 29.3 Å². The zero-order valence-corrected chi connectivity index (χ0v) is 12.9. The molecule has 1 aromatic carbocycles. The van der Waals surface area contributed by atoms with Crippen LogP contribution >= 0.6 is 23.4 Å². The van der Waals surface area contributed by atoms with Gasteiger partial charge in [-0.05, 0) is 43.4 Å². The highest BCUT2D eigenvalue weighted by Gasteiger charge is 2.15. The van der Waals surface area contributed by atoms with Crippen molar-refractivity contribution in [1.82, 2.24) is 9.97 Å². The molecule has 0 radical (unpaired) electrons. The van der Waals surface area contributed by atoms with Gasteiger partial charge in [-0.1, -0.05) is 29.4 Å². The number of aromatic nitrogens is 2. The fourth-order valence-electron chi connectivity index (χ4n) is 1.74. The number of carbonyl (C=O) groups excluding carboxylic acids is 1. The largest absolute Gasteiger partial charge is 0.423 e. The first kappa shape index (κ1) is 14.8. The summed E-state index contributed by atoms with van der Waals surface area (Å²) in [5.74, 6) is -0.0786. The van der Waals surface area contributed by atoms with Crippen LogP contribution in [0.2, 0.25) is 5.15 Å². The molecular formula is C14H13ClN2O2S. The summed E-state index contributed by atoms with van der Waals surface area (Å²) in [5.41, 5.74) is 2.20.